The highest BCUT2D eigenvalue weighted by molar-refractivity contribution is 8.00. The van der Waals surface area contributed by atoms with Gasteiger partial charge in [-0.2, -0.15) is 0 Å². The molecule has 2 aromatic rings. The van der Waals surface area contributed by atoms with E-state index in [-0.39, 0.29) is 29.1 Å². The Morgan fingerprint density at radius 1 is 1.07 bits per heavy atom. The molecule has 28 heavy (non-hydrogen) atoms. The van der Waals surface area contributed by atoms with Crippen molar-refractivity contribution in [3.8, 4) is 0 Å². The lowest BCUT2D eigenvalue weighted by Crippen LogP contribution is -2.18. The summed E-state index contributed by atoms with van der Waals surface area (Å²) < 4.78 is 30.8. The van der Waals surface area contributed by atoms with Gasteiger partial charge in [-0.15, -0.1) is 11.8 Å². The molecule has 0 radical (unpaired) electrons. The van der Waals surface area contributed by atoms with Gasteiger partial charge >= 0.3 is 0 Å². The molecule has 1 heterocycles. The molecule has 9 nitrogen and oxygen atoms in total. The van der Waals surface area contributed by atoms with E-state index in [4.69, 9.17) is 4.52 Å². The summed E-state index contributed by atoms with van der Waals surface area (Å²) in [6, 6.07) is 7.95. The average Bonchev–Trinajstić information content (AvgIpc) is 3.01. The number of hydrogen-bond donors (Lipinski definition) is 3. The number of aryl methyl sites for hydroxylation is 1. The first kappa shape index (κ1) is 21.8. The van der Waals surface area contributed by atoms with Crippen molar-refractivity contribution in [1.82, 2.24) is 5.16 Å². The van der Waals surface area contributed by atoms with Crippen LogP contribution in [0.1, 0.15) is 19.1 Å². The molecule has 0 aliphatic carbocycles. The third-order valence-corrected chi connectivity index (χ3v) is 5.70. The largest absolute Gasteiger partial charge is 0.360 e. The molecular weight excluding hydrogens is 404 g/mol. The van der Waals surface area contributed by atoms with Gasteiger partial charge in [0.1, 0.15) is 5.76 Å². The minimum absolute atomic E-state index is 0.0482. The summed E-state index contributed by atoms with van der Waals surface area (Å²) in [7, 11) is -3.35. The number of amides is 2. The van der Waals surface area contributed by atoms with Gasteiger partial charge in [-0.05, 0) is 37.6 Å². The predicted octanol–water partition coefficient (Wildman–Crippen LogP) is 2.45. The Morgan fingerprint density at radius 2 is 1.68 bits per heavy atom. The van der Waals surface area contributed by atoms with Crippen LogP contribution >= 0.6 is 11.8 Å². The third kappa shape index (κ3) is 7.61. The number of carbonyl (C=O) groups is 2. The van der Waals surface area contributed by atoms with E-state index < -0.39 is 10.0 Å². The summed E-state index contributed by atoms with van der Waals surface area (Å²) in [5.74, 6) is 0.609. The topological polar surface area (TPSA) is 130 Å². The summed E-state index contributed by atoms with van der Waals surface area (Å²) in [6.45, 7) is 3.50. The SMILES string of the molecule is CCCS(=O)(=O)Nc1ccc(NC(=O)CSCC(=O)Nc2cc(C)on2)cc1. The van der Waals surface area contributed by atoms with Crippen molar-refractivity contribution in [3.05, 3.63) is 36.1 Å². The fraction of sp³-hybridized carbons (Fsp3) is 0.353. The Bertz CT molecular complexity index is 910. The summed E-state index contributed by atoms with van der Waals surface area (Å²) in [5.41, 5.74) is 0.965. The molecule has 0 aliphatic heterocycles. The minimum Gasteiger partial charge on any atom is -0.360 e. The van der Waals surface area contributed by atoms with E-state index in [1.54, 1.807) is 44.2 Å². The molecule has 2 amide bonds. The Kier molecular flexibility index (Phi) is 7.88. The van der Waals surface area contributed by atoms with Crippen molar-refractivity contribution in [2.75, 3.05) is 32.6 Å². The van der Waals surface area contributed by atoms with E-state index in [1.807, 2.05) is 0 Å². The third-order valence-electron chi connectivity index (χ3n) is 3.28. The zero-order chi connectivity index (χ0) is 20.6. The monoisotopic (exact) mass is 426 g/mol. The lowest BCUT2D eigenvalue weighted by Gasteiger charge is -2.09. The number of anilines is 3. The predicted molar refractivity (Wildman–Crippen MR) is 110 cm³/mol. The maximum atomic E-state index is 12.0. The molecule has 11 heteroatoms. The van der Waals surface area contributed by atoms with E-state index in [0.29, 0.717) is 29.4 Å². The van der Waals surface area contributed by atoms with Crippen LogP contribution in [0.2, 0.25) is 0 Å². The average molecular weight is 427 g/mol. The number of benzene rings is 1. The van der Waals surface area contributed by atoms with Crippen LogP contribution in [-0.2, 0) is 19.6 Å². The second-order valence-corrected chi connectivity index (χ2v) is 8.74. The molecule has 0 aliphatic rings. The summed E-state index contributed by atoms with van der Waals surface area (Å²) in [5, 5.41) is 8.91. The van der Waals surface area contributed by atoms with Gasteiger partial charge in [0, 0.05) is 17.4 Å². The summed E-state index contributed by atoms with van der Waals surface area (Å²) in [4.78, 5) is 23.7. The van der Waals surface area contributed by atoms with E-state index in [2.05, 4.69) is 20.5 Å². The quantitative estimate of drug-likeness (QED) is 0.532. The van der Waals surface area contributed by atoms with Gasteiger partial charge < -0.3 is 15.2 Å². The van der Waals surface area contributed by atoms with Crippen LogP contribution in [0.5, 0.6) is 0 Å². The zero-order valence-electron chi connectivity index (χ0n) is 15.5. The summed E-state index contributed by atoms with van der Waals surface area (Å²) >= 11 is 1.16. The van der Waals surface area contributed by atoms with Gasteiger partial charge in [-0.25, -0.2) is 8.42 Å². The first-order chi connectivity index (χ1) is 13.3. The molecule has 3 N–H and O–H groups in total. The number of rotatable bonds is 10. The molecule has 0 saturated carbocycles. The van der Waals surface area contributed by atoms with Crippen molar-refractivity contribution in [2.45, 2.75) is 20.3 Å². The molecular formula is C17H22N4O5S2. The first-order valence-electron chi connectivity index (χ1n) is 8.48. The smallest absolute Gasteiger partial charge is 0.235 e. The van der Waals surface area contributed by atoms with Crippen molar-refractivity contribution < 1.29 is 22.5 Å². The second kappa shape index (κ2) is 10.1. The maximum absolute atomic E-state index is 12.0. The number of carbonyl (C=O) groups excluding carboxylic acids is 2. The highest BCUT2D eigenvalue weighted by atomic mass is 32.2. The van der Waals surface area contributed by atoms with Crippen LogP contribution in [0.25, 0.3) is 0 Å². The number of thioether (sulfide) groups is 1. The highest BCUT2D eigenvalue weighted by Gasteiger charge is 2.10. The van der Waals surface area contributed by atoms with Crippen molar-refractivity contribution in [2.24, 2.45) is 0 Å². The van der Waals surface area contributed by atoms with Gasteiger partial charge in [0.15, 0.2) is 5.82 Å². The summed E-state index contributed by atoms with van der Waals surface area (Å²) in [6.07, 6.45) is 0.525. The van der Waals surface area contributed by atoms with Crippen LogP contribution in [0, 0.1) is 6.92 Å². The lowest BCUT2D eigenvalue weighted by molar-refractivity contribution is -0.114. The minimum atomic E-state index is -3.35. The molecule has 0 saturated heterocycles. The molecule has 1 aromatic carbocycles. The van der Waals surface area contributed by atoms with Crippen LogP contribution < -0.4 is 15.4 Å². The molecule has 0 unspecified atom stereocenters. The first-order valence-corrected chi connectivity index (χ1v) is 11.3. The molecule has 1 aromatic heterocycles. The number of aromatic nitrogens is 1. The number of sulfonamides is 1. The number of nitrogens with zero attached hydrogens (tertiary/aromatic N) is 1. The Labute approximate surface area is 167 Å². The second-order valence-electron chi connectivity index (χ2n) is 5.91. The molecule has 0 spiro atoms. The standard InChI is InChI=1S/C17H22N4O5S2/c1-3-8-28(24,25)21-14-6-4-13(5-7-14)18-16(22)10-27-11-17(23)19-15-9-12(2)26-20-15/h4-7,9,21H,3,8,10-11H2,1-2H3,(H,18,22)(H,19,20,23). The molecule has 152 valence electrons. The number of nitrogens with one attached hydrogen (secondary N) is 3. The molecule has 2 rings (SSSR count). The van der Waals surface area contributed by atoms with E-state index >= 15 is 0 Å². The van der Waals surface area contributed by atoms with Crippen LogP contribution in [0.3, 0.4) is 0 Å². The van der Waals surface area contributed by atoms with Crippen molar-refractivity contribution in [1.29, 1.82) is 0 Å². The fourth-order valence-electron chi connectivity index (χ4n) is 2.16. The van der Waals surface area contributed by atoms with Gasteiger partial charge in [0.05, 0.1) is 17.3 Å². The van der Waals surface area contributed by atoms with E-state index in [1.165, 1.54) is 0 Å². The molecule has 0 atom stereocenters. The van der Waals surface area contributed by atoms with Gasteiger partial charge in [0.2, 0.25) is 21.8 Å². The highest BCUT2D eigenvalue weighted by Crippen LogP contribution is 2.16. The van der Waals surface area contributed by atoms with E-state index in [0.717, 1.165) is 11.8 Å². The van der Waals surface area contributed by atoms with Crippen LogP contribution in [-0.4, -0.2) is 42.6 Å². The van der Waals surface area contributed by atoms with Gasteiger partial charge in [0.25, 0.3) is 0 Å². The Hall–Kier alpha value is -2.53. The normalized spacial score (nSPS) is 11.1. The van der Waals surface area contributed by atoms with E-state index in [9.17, 15) is 18.0 Å². The fourth-order valence-corrected chi connectivity index (χ4v) is 3.91. The lowest BCUT2D eigenvalue weighted by atomic mass is 10.3. The van der Waals surface area contributed by atoms with Gasteiger partial charge in [-0.1, -0.05) is 12.1 Å². The van der Waals surface area contributed by atoms with Crippen molar-refractivity contribution >= 4 is 50.8 Å². The Balaban J connectivity index is 1.73. The molecule has 0 fully saturated rings. The molecule has 0 bridgehead atoms. The van der Waals surface area contributed by atoms with Crippen molar-refractivity contribution in [3.63, 3.8) is 0 Å². The van der Waals surface area contributed by atoms with Crippen LogP contribution in [0.15, 0.2) is 34.9 Å². The zero-order valence-corrected chi connectivity index (χ0v) is 17.2. The Morgan fingerprint density at radius 3 is 2.25 bits per heavy atom. The number of hydrogen-bond acceptors (Lipinski definition) is 7. The van der Waals surface area contributed by atoms with Gasteiger partial charge in [-0.3, -0.25) is 14.3 Å². The van der Waals surface area contributed by atoms with Crippen LogP contribution in [0.4, 0.5) is 17.2 Å². The maximum Gasteiger partial charge on any atom is 0.235 e.